The van der Waals surface area contributed by atoms with Gasteiger partial charge in [0.15, 0.2) is 0 Å². The van der Waals surface area contributed by atoms with Crippen molar-refractivity contribution in [3.05, 3.63) is 35.6 Å². The molecule has 1 aromatic rings. The maximum Gasteiger partial charge on any atom is 0.267 e. The van der Waals surface area contributed by atoms with E-state index in [0.29, 0.717) is 12.8 Å². The Morgan fingerprint density at radius 1 is 0.897 bits per heavy atom. The molecule has 2 rings (SSSR count). The summed E-state index contributed by atoms with van der Waals surface area (Å²) in [7, 11) is -7.24. The van der Waals surface area contributed by atoms with E-state index >= 15 is 0 Å². The molecule has 29 heavy (non-hydrogen) atoms. The Balaban J connectivity index is 2.21. The number of halogens is 1. The number of rotatable bonds is 11. The molecule has 3 atom stereocenters. The summed E-state index contributed by atoms with van der Waals surface area (Å²) in [6, 6.07) is 6.16. The Morgan fingerprint density at radius 2 is 1.45 bits per heavy atom. The second-order valence-electron chi connectivity index (χ2n) is 7.61. The molecule has 0 heterocycles. The quantitative estimate of drug-likeness (QED) is 0.476. The minimum atomic E-state index is -3.64. The summed E-state index contributed by atoms with van der Waals surface area (Å²) in [5, 5.41) is 0. The molecule has 0 radical (unpaired) electrons. The lowest BCUT2D eigenvalue weighted by Gasteiger charge is -2.38. The molecule has 1 saturated carbocycles. The van der Waals surface area contributed by atoms with Gasteiger partial charge in [-0.05, 0) is 61.1 Å². The van der Waals surface area contributed by atoms with Gasteiger partial charge >= 0.3 is 0 Å². The smallest absolute Gasteiger partial charge is 0.267 e. The molecule has 0 amide bonds. The van der Waals surface area contributed by atoms with Crippen molar-refractivity contribution in [1.29, 1.82) is 0 Å². The third-order valence-electron chi connectivity index (χ3n) is 5.32. The van der Waals surface area contributed by atoms with Crippen LogP contribution < -0.4 is 0 Å². The summed E-state index contributed by atoms with van der Waals surface area (Å²) in [6.07, 6.45) is 3.29. The number of hydrogen-bond acceptors (Lipinski definition) is 6. The van der Waals surface area contributed by atoms with Gasteiger partial charge in [0.1, 0.15) is 5.82 Å². The van der Waals surface area contributed by atoms with Crippen LogP contribution in [0.5, 0.6) is 0 Å². The lowest BCUT2D eigenvalue weighted by atomic mass is 9.70. The zero-order valence-electron chi connectivity index (χ0n) is 17.0. The monoisotopic (exact) mass is 450 g/mol. The zero-order valence-corrected chi connectivity index (χ0v) is 18.7. The first-order chi connectivity index (χ1) is 13.7. The largest absolute Gasteiger partial charge is 0.270 e. The van der Waals surface area contributed by atoms with E-state index in [9.17, 15) is 21.2 Å². The Bertz CT molecular complexity index is 836. The first-order valence-electron chi connectivity index (χ1n) is 10.2. The van der Waals surface area contributed by atoms with Crippen molar-refractivity contribution in [3.8, 4) is 0 Å². The summed E-state index contributed by atoms with van der Waals surface area (Å²) >= 11 is 0. The Kier molecular flexibility index (Phi) is 9.06. The van der Waals surface area contributed by atoms with E-state index in [4.69, 9.17) is 8.37 Å². The molecule has 1 aromatic carbocycles. The fraction of sp³-hybridized carbons (Fsp3) is 0.700. The molecule has 1 aliphatic rings. The van der Waals surface area contributed by atoms with Crippen LogP contribution in [-0.4, -0.2) is 41.6 Å². The van der Waals surface area contributed by atoms with Crippen molar-refractivity contribution in [2.24, 2.45) is 11.8 Å². The predicted molar refractivity (Wildman–Crippen MR) is 110 cm³/mol. The average molecular weight is 451 g/mol. The molecule has 0 unspecified atom stereocenters. The van der Waals surface area contributed by atoms with Crippen LogP contribution in [0.2, 0.25) is 0 Å². The molecule has 0 aliphatic heterocycles. The second kappa shape index (κ2) is 10.8. The molecule has 166 valence electrons. The SMILES string of the molecule is CCCS(=O)(=O)OC[C@H]1CCC[C@@H](c2ccc(F)cc2)[C@@H]1COS(=O)(=O)CCC. The highest BCUT2D eigenvalue weighted by Gasteiger charge is 2.36. The van der Waals surface area contributed by atoms with Crippen molar-refractivity contribution < 1.29 is 29.6 Å². The van der Waals surface area contributed by atoms with Gasteiger partial charge in [-0.25, -0.2) is 4.39 Å². The van der Waals surface area contributed by atoms with Crippen LogP contribution in [0, 0.1) is 17.7 Å². The van der Waals surface area contributed by atoms with E-state index in [1.54, 1.807) is 26.0 Å². The van der Waals surface area contributed by atoms with Crippen LogP contribution in [0.25, 0.3) is 0 Å². The highest BCUT2D eigenvalue weighted by Crippen LogP contribution is 2.42. The highest BCUT2D eigenvalue weighted by atomic mass is 32.2. The van der Waals surface area contributed by atoms with E-state index in [1.807, 2.05) is 0 Å². The fourth-order valence-electron chi connectivity index (χ4n) is 3.93. The van der Waals surface area contributed by atoms with Crippen molar-refractivity contribution in [2.75, 3.05) is 24.7 Å². The van der Waals surface area contributed by atoms with Crippen LogP contribution in [0.4, 0.5) is 4.39 Å². The van der Waals surface area contributed by atoms with Gasteiger partial charge in [0.25, 0.3) is 20.2 Å². The molecule has 1 aliphatic carbocycles. The van der Waals surface area contributed by atoms with E-state index in [2.05, 4.69) is 0 Å². The molecule has 6 nitrogen and oxygen atoms in total. The third-order valence-corrected chi connectivity index (χ3v) is 8.13. The van der Waals surface area contributed by atoms with Crippen molar-refractivity contribution in [3.63, 3.8) is 0 Å². The van der Waals surface area contributed by atoms with Gasteiger partial charge in [-0.1, -0.05) is 32.4 Å². The molecule has 0 saturated heterocycles. The molecule has 1 fully saturated rings. The first-order valence-corrected chi connectivity index (χ1v) is 13.3. The van der Waals surface area contributed by atoms with Crippen LogP contribution in [0.1, 0.15) is 57.4 Å². The Morgan fingerprint density at radius 3 is 2.00 bits per heavy atom. The highest BCUT2D eigenvalue weighted by molar-refractivity contribution is 7.86. The van der Waals surface area contributed by atoms with Crippen molar-refractivity contribution >= 4 is 20.2 Å². The average Bonchev–Trinajstić information content (AvgIpc) is 2.65. The van der Waals surface area contributed by atoms with Gasteiger partial charge in [0.05, 0.1) is 24.7 Å². The van der Waals surface area contributed by atoms with Gasteiger partial charge < -0.3 is 0 Å². The summed E-state index contributed by atoms with van der Waals surface area (Å²) < 4.78 is 72.0. The van der Waals surface area contributed by atoms with Crippen LogP contribution in [0.3, 0.4) is 0 Å². The second-order valence-corrected chi connectivity index (χ2v) is 11.1. The van der Waals surface area contributed by atoms with Crippen LogP contribution in [-0.2, 0) is 28.6 Å². The molecular formula is C20H31FO6S2. The van der Waals surface area contributed by atoms with Crippen molar-refractivity contribution in [2.45, 2.75) is 51.9 Å². The predicted octanol–water partition coefficient (Wildman–Crippen LogP) is 3.84. The molecule has 0 N–H and O–H groups in total. The van der Waals surface area contributed by atoms with Gasteiger partial charge in [-0.3, -0.25) is 8.37 Å². The Hall–Kier alpha value is -1.03. The van der Waals surface area contributed by atoms with E-state index < -0.39 is 20.2 Å². The number of benzene rings is 1. The van der Waals surface area contributed by atoms with Crippen LogP contribution in [0.15, 0.2) is 24.3 Å². The lowest BCUT2D eigenvalue weighted by molar-refractivity contribution is 0.0922. The minimum Gasteiger partial charge on any atom is -0.270 e. The number of hydrogen-bond donors (Lipinski definition) is 0. The summed E-state index contributed by atoms with van der Waals surface area (Å²) in [6.45, 7) is 3.49. The van der Waals surface area contributed by atoms with E-state index in [0.717, 1.165) is 24.8 Å². The zero-order chi connectivity index (χ0) is 21.5. The maximum atomic E-state index is 13.4. The van der Waals surface area contributed by atoms with Gasteiger partial charge in [-0.2, -0.15) is 16.8 Å². The molecule has 9 heteroatoms. The first kappa shape index (κ1) is 24.2. The van der Waals surface area contributed by atoms with E-state index in [1.165, 1.54) is 12.1 Å². The summed E-state index contributed by atoms with van der Waals surface area (Å²) in [4.78, 5) is 0. The topological polar surface area (TPSA) is 86.7 Å². The molecule has 0 spiro atoms. The lowest BCUT2D eigenvalue weighted by Crippen LogP contribution is -2.35. The molecule has 0 aromatic heterocycles. The normalized spacial score (nSPS) is 23.2. The van der Waals surface area contributed by atoms with Crippen molar-refractivity contribution in [1.82, 2.24) is 0 Å². The van der Waals surface area contributed by atoms with Gasteiger partial charge in [0.2, 0.25) is 0 Å². The van der Waals surface area contributed by atoms with E-state index in [-0.39, 0.29) is 48.3 Å². The fourth-order valence-corrected chi connectivity index (χ4v) is 5.91. The molecule has 0 bridgehead atoms. The summed E-state index contributed by atoms with van der Waals surface area (Å²) in [5.41, 5.74) is 0.897. The Labute approximate surface area is 174 Å². The summed E-state index contributed by atoms with van der Waals surface area (Å²) in [5.74, 6) is -0.905. The maximum absolute atomic E-state index is 13.4. The van der Waals surface area contributed by atoms with Gasteiger partial charge in [0, 0.05) is 0 Å². The van der Waals surface area contributed by atoms with Crippen LogP contribution >= 0.6 is 0 Å². The molecular weight excluding hydrogens is 419 g/mol. The third kappa shape index (κ3) is 7.62. The minimum absolute atomic E-state index is 0.00187. The standard InChI is InChI=1S/C20H31FO6S2/c1-3-12-28(22,23)26-14-17-6-5-7-19(16-8-10-18(21)11-9-16)20(17)15-27-29(24,25)13-4-2/h8-11,17,19-20H,3-7,12-15H2,1-2H3/t17-,19+,20-/m1/s1. The van der Waals surface area contributed by atoms with Gasteiger partial charge in [-0.15, -0.1) is 0 Å².